The van der Waals surface area contributed by atoms with Gasteiger partial charge in [-0.05, 0) is 13.0 Å². The summed E-state index contributed by atoms with van der Waals surface area (Å²) in [4.78, 5) is 0. The summed E-state index contributed by atoms with van der Waals surface area (Å²) in [6.07, 6.45) is 1.22. The van der Waals surface area contributed by atoms with Gasteiger partial charge in [0.15, 0.2) is 0 Å². The Morgan fingerprint density at radius 3 is 3.11 bits per heavy atom. The molecule has 0 saturated carbocycles. The van der Waals surface area contributed by atoms with E-state index in [0.29, 0.717) is 17.0 Å². The van der Waals surface area contributed by atoms with Gasteiger partial charge in [-0.3, -0.25) is 0 Å². The first-order valence-electron chi connectivity index (χ1n) is 3.61. The third kappa shape index (κ3) is 0.852. The van der Waals surface area contributed by atoms with Crippen molar-refractivity contribution in [3.05, 3.63) is 5.21 Å². The van der Waals surface area contributed by atoms with Crippen molar-refractivity contribution in [1.82, 2.24) is 5.32 Å². The normalized spacial score (nSPS) is 49.7. The zero-order valence-corrected chi connectivity index (χ0v) is 5.39. The third-order valence-corrected chi connectivity index (χ3v) is 2.43. The van der Waals surface area contributed by atoms with Crippen molar-refractivity contribution in [3.8, 4) is 0 Å². The summed E-state index contributed by atoms with van der Waals surface area (Å²) in [5.41, 5.74) is 0. The highest BCUT2D eigenvalue weighted by Gasteiger charge is 2.36. The van der Waals surface area contributed by atoms with E-state index >= 15 is 0 Å². The molecule has 3 atom stereocenters. The number of hydrogen-bond acceptors (Lipinski definition) is 2. The minimum Gasteiger partial charge on any atom is -0.634 e. The smallest absolute Gasteiger partial charge is 0.0929 e. The molecule has 0 bridgehead atoms. The number of quaternary nitrogens is 1. The molecule has 0 aromatic heterocycles. The van der Waals surface area contributed by atoms with Gasteiger partial charge in [-0.1, -0.05) is 0 Å². The quantitative estimate of drug-likeness (QED) is 0.384. The van der Waals surface area contributed by atoms with Crippen LogP contribution >= 0.6 is 0 Å². The van der Waals surface area contributed by atoms with Crippen LogP contribution in [0.1, 0.15) is 6.42 Å². The first-order valence-corrected chi connectivity index (χ1v) is 3.61. The monoisotopic (exact) mass is 128 g/mol. The van der Waals surface area contributed by atoms with Crippen molar-refractivity contribution < 1.29 is 5.06 Å². The second-order valence-electron chi connectivity index (χ2n) is 3.06. The van der Waals surface area contributed by atoms with Gasteiger partial charge in [0.25, 0.3) is 0 Å². The van der Waals surface area contributed by atoms with Gasteiger partial charge in [-0.2, -0.15) is 0 Å². The standard InChI is InChI=1S/C6H12N2O/c9-8-3-5-1-2-7-6(5)4-8/h5-8H,1-4H2. The van der Waals surface area contributed by atoms with Crippen molar-refractivity contribution in [2.24, 2.45) is 5.92 Å². The summed E-state index contributed by atoms with van der Waals surface area (Å²) < 4.78 is 0. The molecule has 0 amide bonds. The summed E-state index contributed by atoms with van der Waals surface area (Å²) in [5.74, 6) is 0.692. The molecule has 52 valence electrons. The second-order valence-corrected chi connectivity index (χ2v) is 3.06. The molecule has 3 heteroatoms. The molecule has 2 saturated heterocycles. The molecule has 2 rings (SSSR count). The van der Waals surface area contributed by atoms with Crippen LogP contribution in [0.4, 0.5) is 0 Å². The highest BCUT2D eigenvalue weighted by molar-refractivity contribution is 4.85. The Hall–Kier alpha value is -0.120. The summed E-state index contributed by atoms with van der Waals surface area (Å²) in [7, 11) is 0. The summed E-state index contributed by atoms with van der Waals surface area (Å²) in [6, 6.07) is 0.553. The van der Waals surface area contributed by atoms with E-state index in [-0.39, 0.29) is 0 Å². The molecule has 2 aliphatic heterocycles. The Kier molecular flexibility index (Phi) is 1.22. The van der Waals surface area contributed by atoms with Crippen LogP contribution in [0, 0.1) is 11.1 Å². The average Bonchev–Trinajstić information content (AvgIpc) is 2.22. The van der Waals surface area contributed by atoms with Crippen molar-refractivity contribution >= 4 is 0 Å². The molecule has 0 radical (unpaired) electrons. The lowest BCUT2D eigenvalue weighted by Gasteiger charge is -2.15. The molecule has 0 aliphatic carbocycles. The van der Waals surface area contributed by atoms with Crippen LogP contribution in [0.25, 0.3) is 0 Å². The van der Waals surface area contributed by atoms with Gasteiger partial charge in [-0.15, -0.1) is 0 Å². The van der Waals surface area contributed by atoms with Gasteiger partial charge in [0.2, 0.25) is 0 Å². The third-order valence-electron chi connectivity index (χ3n) is 2.43. The molecule has 2 fully saturated rings. The lowest BCUT2D eigenvalue weighted by molar-refractivity contribution is -0.836. The second kappa shape index (κ2) is 1.94. The topological polar surface area (TPSA) is 39.5 Å². The van der Waals surface area contributed by atoms with Crippen LogP contribution in [0.3, 0.4) is 0 Å². The van der Waals surface area contributed by atoms with Crippen molar-refractivity contribution in [1.29, 1.82) is 0 Å². The van der Waals surface area contributed by atoms with Crippen molar-refractivity contribution in [2.75, 3.05) is 19.6 Å². The Bertz CT molecular complexity index is 106. The number of rotatable bonds is 0. The molecule has 0 aromatic rings. The van der Waals surface area contributed by atoms with Crippen molar-refractivity contribution in [3.63, 3.8) is 0 Å². The largest absolute Gasteiger partial charge is 0.634 e. The number of hydroxylamine groups is 2. The van der Waals surface area contributed by atoms with Crippen LogP contribution in [-0.2, 0) is 0 Å². The van der Waals surface area contributed by atoms with Crippen LogP contribution in [0.2, 0.25) is 0 Å². The van der Waals surface area contributed by atoms with Gasteiger partial charge in [0.1, 0.15) is 0 Å². The van der Waals surface area contributed by atoms with Crippen LogP contribution in [0.5, 0.6) is 0 Å². The first kappa shape index (κ1) is 5.65. The van der Waals surface area contributed by atoms with E-state index < -0.39 is 0 Å². The fourth-order valence-corrected chi connectivity index (χ4v) is 1.93. The Labute approximate surface area is 54.6 Å². The van der Waals surface area contributed by atoms with Crippen LogP contribution in [0.15, 0.2) is 0 Å². The summed E-state index contributed by atoms with van der Waals surface area (Å²) in [6.45, 7) is 2.77. The van der Waals surface area contributed by atoms with Crippen LogP contribution < -0.4 is 10.4 Å². The summed E-state index contributed by atoms with van der Waals surface area (Å²) >= 11 is 0. The van der Waals surface area contributed by atoms with Gasteiger partial charge in [-0.25, -0.2) is 0 Å². The maximum Gasteiger partial charge on any atom is 0.0929 e. The first-order chi connectivity index (χ1) is 4.36. The number of fused-ring (bicyclic) bond motifs is 1. The minimum atomic E-state index is 0.456. The van der Waals surface area contributed by atoms with Crippen molar-refractivity contribution in [2.45, 2.75) is 12.5 Å². The molecule has 3 unspecified atom stereocenters. The molecular weight excluding hydrogens is 116 g/mol. The highest BCUT2D eigenvalue weighted by atomic mass is 16.5. The zero-order chi connectivity index (χ0) is 6.27. The molecule has 3 nitrogen and oxygen atoms in total. The van der Waals surface area contributed by atoms with E-state index in [1.54, 1.807) is 0 Å². The lowest BCUT2D eigenvalue weighted by Crippen LogP contribution is -3.05. The van der Waals surface area contributed by atoms with Gasteiger partial charge in [0, 0.05) is 5.92 Å². The van der Waals surface area contributed by atoms with Crippen LogP contribution in [-0.4, -0.2) is 25.7 Å². The number of hydrogen-bond donors (Lipinski definition) is 2. The van der Waals surface area contributed by atoms with E-state index in [9.17, 15) is 5.21 Å². The molecular formula is C6H12N2O. The van der Waals surface area contributed by atoms with Gasteiger partial charge >= 0.3 is 0 Å². The Morgan fingerprint density at radius 2 is 2.33 bits per heavy atom. The predicted molar refractivity (Wildman–Crippen MR) is 34.0 cm³/mol. The van der Waals surface area contributed by atoms with E-state index in [2.05, 4.69) is 5.32 Å². The van der Waals surface area contributed by atoms with E-state index in [4.69, 9.17) is 0 Å². The Balaban J connectivity index is 2.02. The maximum atomic E-state index is 10.8. The van der Waals surface area contributed by atoms with E-state index in [1.165, 1.54) is 6.42 Å². The van der Waals surface area contributed by atoms with Gasteiger partial charge < -0.3 is 15.6 Å². The minimum absolute atomic E-state index is 0.456. The number of nitrogens with one attached hydrogen (secondary N) is 2. The SMILES string of the molecule is [O-][NH+]1CC2CCNC2C1. The molecule has 9 heavy (non-hydrogen) atoms. The molecule has 0 spiro atoms. The predicted octanol–water partition coefficient (Wildman–Crippen LogP) is -1.64. The highest BCUT2D eigenvalue weighted by Crippen LogP contribution is 2.15. The fraction of sp³-hybridized carbons (Fsp3) is 1.00. The van der Waals surface area contributed by atoms with E-state index in [1.807, 2.05) is 0 Å². The lowest BCUT2D eigenvalue weighted by atomic mass is 10.1. The molecule has 2 heterocycles. The maximum absolute atomic E-state index is 10.8. The fourth-order valence-electron chi connectivity index (χ4n) is 1.93. The molecule has 2 aliphatic rings. The van der Waals surface area contributed by atoms with Gasteiger partial charge in [0.05, 0.1) is 19.1 Å². The molecule has 0 aromatic carbocycles. The van der Waals surface area contributed by atoms with E-state index in [0.717, 1.165) is 19.6 Å². The molecule has 2 N–H and O–H groups in total. The summed E-state index contributed by atoms with van der Waals surface area (Å²) in [5, 5.41) is 14.6. The Morgan fingerprint density at radius 1 is 1.44 bits per heavy atom. The average molecular weight is 128 g/mol. The zero-order valence-electron chi connectivity index (χ0n) is 5.39.